The van der Waals surface area contributed by atoms with Gasteiger partial charge in [0.2, 0.25) is 0 Å². The summed E-state index contributed by atoms with van der Waals surface area (Å²) in [5.41, 5.74) is -0.769. The molecule has 0 amide bonds. The van der Waals surface area contributed by atoms with Gasteiger partial charge in [0.15, 0.2) is 5.69 Å². The lowest BCUT2D eigenvalue weighted by Crippen LogP contribution is -2.17. The van der Waals surface area contributed by atoms with Gasteiger partial charge in [0.05, 0.1) is 5.69 Å². The van der Waals surface area contributed by atoms with E-state index in [0.717, 1.165) is 6.20 Å². The summed E-state index contributed by atoms with van der Waals surface area (Å²) in [6, 6.07) is 2.86. The van der Waals surface area contributed by atoms with Crippen LogP contribution in [0, 0.1) is 0 Å². The second-order valence-corrected chi connectivity index (χ2v) is 2.76. The van der Waals surface area contributed by atoms with Crippen LogP contribution in [-0.4, -0.2) is 19.1 Å². The molecule has 1 rings (SSSR count). The standard InChI is InChI=1S/C8H9F3N2/c1-13(2)6-4-3-5-12-7(6)8(9,10)11/h3-5H,1-2H3. The van der Waals surface area contributed by atoms with Gasteiger partial charge in [-0.15, -0.1) is 0 Å². The van der Waals surface area contributed by atoms with Crippen LogP contribution in [0.2, 0.25) is 0 Å². The average molecular weight is 190 g/mol. The van der Waals surface area contributed by atoms with Crippen molar-refractivity contribution in [3.8, 4) is 0 Å². The molecule has 1 aromatic rings. The average Bonchev–Trinajstić information content (AvgIpc) is 2.03. The molecule has 0 atom stereocenters. The van der Waals surface area contributed by atoms with Crippen LogP contribution in [0.4, 0.5) is 18.9 Å². The van der Waals surface area contributed by atoms with Gasteiger partial charge >= 0.3 is 6.18 Å². The molecule has 0 fully saturated rings. The van der Waals surface area contributed by atoms with Crippen LogP contribution >= 0.6 is 0 Å². The highest BCUT2D eigenvalue weighted by Crippen LogP contribution is 2.33. The molecule has 5 heteroatoms. The predicted octanol–water partition coefficient (Wildman–Crippen LogP) is 2.17. The molecule has 0 aliphatic heterocycles. The summed E-state index contributed by atoms with van der Waals surface area (Å²) in [6.07, 6.45) is -3.25. The maximum absolute atomic E-state index is 12.3. The summed E-state index contributed by atoms with van der Waals surface area (Å²) >= 11 is 0. The Kier molecular flexibility index (Phi) is 2.45. The number of halogens is 3. The minimum absolute atomic E-state index is 0.0787. The van der Waals surface area contributed by atoms with Crippen molar-refractivity contribution in [2.24, 2.45) is 0 Å². The van der Waals surface area contributed by atoms with Crippen molar-refractivity contribution >= 4 is 5.69 Å². The van der Waals surface area contributed by atoms with Gasteiger partial charge in [-0.3, -0.25) is 0 Å². The van der Waals surface area contributed by atoms with Crippen molar-refractivity contribution < 1.29 is 13.2 Å². The summed E-state index contributed by atoms with van der Waals surface area (Å²) < 4.78 is 37.0. The van der Waals surface area contributed by atoms with Crippen molar-refractivity contribution in [1.29, 1.82) is 0 Å². The number of pyridine rings is 1. The third-order valence-corrected chi connectivity index (χ3v) is 1.54. The lowest BCUT2D eigenvalue weighted by molar-refractivity contribution is -0.140. The highest BCUT2D eigenvalue weighted by molar-refractivity contribution is 5.50. The summed E-state index contributed by atoms with van der Waals surface area (Å²) in [4.78, 5) is 4.69. The summed E-state index contributed by atoms with van der Waals surface area (Å²) in [5, 5.41) is 0. The minimum Gasteiger partial charge on any atom is -0.376 e. The first-order valence-electron chi connectivity index (χ1n) is 3.62. The fraction of sp³-hybridized carbons (Fsp3) is 0.375. The van der Waals surface area contributed by atoms with E-state index in [4.69, 9.17) is 0 Å². The smallest absolute Gasteiger partial charge is 0.376 e. The third-order valence-electron chi connectivity index (χ3n) is 1.54. The molecule has 0 saturated carbocycles. The van der Waals surface area contributed by atoms with E-state index < -0.39 is 11.9 Å². The molecule has 2 nitrogen and oxygen atoms in total. The molecule has 72 valence electrons. The molecule has 0 unspecified atom stereocenters. The normalized spacial score (nSPS) is 11.5. The molecule has 13 heavy (non-hydrogen) atoms. The maximum Gasteiger partial charge on any atom is 0.435 e. The number of nitrogens with zero attached hydrogens (tertiary/aromatic N) is 2. The molecule has 0 aromatic carbocycles. The van der Waals surface area contributed by atoms with Gasteiger partial charge in [-0.05, 0) is 12.1 Å². The molecule has 0 aliphatic rings. The first-order chi connectivity index (χ1) is 5.93. The van der Waals surface area contributed by atoms with E-state index in [1.54, 1.807) is 14.1 Å². The highest BCUT2D eigenvalue weighted by Gasteiger charge is 2.35. The van der Waals surface area contributed by atoms with Gasteiger partial charge < -0.3 is 4.90 Å². The van der Waals surface area contributed by atoms with Crippen molar-refractivity contribution in [3.63, 3.8) is 0 Å². The van der Waals surface area contributed by atoms with Crippen LogP contribution in [-0.2, 0) is 6.18 Å². The Morgan fingerprint density at radius 2 is 1.92 bits per heavy atom. The number of aromatic nitrogens is 1. The van der Waals surface area contributed by atoms with Crippen molar-refractivity contribution in [1.82, 2.24) is 4.98 Å². The van der Waals surface area contributed by atoms with E-state index in [0.29, 0.717) is 0 Å². The number of rotatable bonds is 1. The molecule has 0 saturated heterocycles. The molecule has 0 spiro atoms. The van der Waals surface area contributed by atoms with Gasteiger partial charge in [-0.1, -0.05) is 0 Å². The Labute approximate surface area is 74.0 Å². The Balaban J connectivity index is 3.20. The molecule has 0 aliphatic carbocycles. The van der Waals surface area contributed by atoms with Crippen LogP contribution in [0.3, 0.4) is 0 Å². The molecule has 0 radical (unpaired) electrons. The van der Waals surface area contributed by atoms with Crippen molar-refractivity contribution in [2.75, 3.05) is 19.0 Å². The lowest BCUT2D eigenvalue weighted by Gasteiger charge is -2.17. The van der Waals surface area contributed by atoms with Crippen LogP contribution in [0.25, 0.3) is 0 Å². The van der Waals surface area contributed by atoms with Gasteiger partial charge in [0.1, 0.15) is 0 Å². The fourth-order valence-electron chi connectivity index (χ4n) is 0.976. The number of hydrogen-bond donors (Lipinski definition) is 0. The third kappa shape index (κ3) is 2.11. The number of anilines is 1. The first kappa shape index (κ1) is 9.83. The van der Waals surface area contributed by atoms with Crippen molar-refractivity contribution in [2.45, 2.75) is 6.18 Å². The Bertz CT molecular complexity index is 294. The predicted molar refractivity (Wildman–Crippen MR) is 43.6 cm³/mol. The number of hydrogen-bond acceptors (Lipinski definition) is 2. The van der Waals surface area contributed by atoms with Crippen LogP contribution in [0.1, 0.15) is 5.69 Å². The van der Waals surface area contributed by atoms with E-state index >= 15 is 0 Å². The number of alkyl halides is 3. The van der Waals surface area contributed by atoms with Gasteiger partial charge in [0.25, 0.3) is 0 Å². The minimum atomic E-state index is -4.39. The summed E-state index contributed by atoms with van der Waals surface area (Å²) in [6.45, 7) is 0. The van der Waals surface area contributed by atoms with Gasteiger partial charge in [-0.2, -0.15) is 13.2 Å². The van der Waals surface area contributed by atoms with Crippen LogP contribution in [0.15, 0.2) is 18.3 Å². The maximum atomic E-state index is 12.3. The highest BCUT2D eigenvalue weighted by atomic mass is 19.4. The van der Waals surface area contributed by atoms with Gasteiger partial charge in [0, 0.05) is 20.3 Å². The van der Waals surface area contributed by atoms with E-state index in [2.05, 4.69) is 4.98 Å². The topological polar surface area (TPSA) is 16.1 Å². The largest absolute Gasteiger partial charge is 0.435 e. The Morgan fingerprint density at radius 3 is 2.31 bits per heavy atom. The molecular formula is C8H9F3N2. The monoisotopic (exact) mass is 190 g/mol. The van der Waals surface area contributed by atoms with Crippen LogP contribution in [0.5, 0.6) is 0 Å². The second kappa shape index (κ2) is 3.24. The van der Waals surface area contributed by atoms with Crippen molar-refractivity contribution in [3.05, 3.63) is 24.0 Å². The van der Waals surface area contributed by atoms with E-state index in [9.17, 15) is 13.2 Å². The zero-order valence-corrected chi connectivity index (χ0v) is 7.26. The Hall–Kier alpha value is -1.26. The zero-order chi connectivity index (χ0) is 10.1. The molecular weight excluding hydrogens is 181 g/mol. The second-order valence-electron chi connectivity index (χ2n) is 2.76. The van der Waals surface area contributed by atoms with Gasteiger partial charge in [-0.25, -0.2) is 4.98 Å². The van der Waals surface area contributed by atoms with Crippen LogP contribution < -0.4 is 4.90 Å². The SMILES string of the molecule is CN(C)c1cccnc1C(F)(F)F. The van der Waals surface area contributed by atoms with E-state index in [1.807, 2.05) is 0 Å². The van der Waals surface area contributed by atoms with E-state index in [1.165, 1.54) is 17.0 Å². The molecule has 1 aromatic heterocycles. The summed E-state index contributed by atoms with van der Waals surface area (Å²) in [5.74, 6) is 0. The molecule has 0 N–H and O–H groups in total. The molecule has 0 bridgehead atoms. The lowest BCUT2D eigenvalue weighted by atomic mass is 10.3. The van der Waals surface area contributed by atoms with E-state index in [-0.39, 0.29) is 5.69 Å². The first-order valence-corrected chi connectivity index (χ1v) is 3.62. The summed E-state index contributed by atoms with van der Waals surface area (Å²) in [7, 11) is 3.10. The fourth-order valence-corrected chi connectivity index (χ4v) is 0.976. The Morgan fingerprint density at radius 1 is 1.31 bits per heavy atom. The zero-order valence-electron chi connectivity index (χ0n) is 7.26. The molecule has 1 heterocycles. The quantitative estimate of drug-likeness (QED) is 0.674.